The number of rotatable bonds is 2. The lowest BCUT2D eigenvalue weighted by atomic mass is 9.92. The maximum atomic E-state index is 9.76. The van der Waals surface area contributed by atoms with E-state index < -0.39 is 6.10 Å². The van der Waals surface area contributed by atoms with Crippen LogP contribution >= 0.6 is 0 Å². The molecule has 0 saturated heterocycles. The first-order valence-corrected chi connectivity index (χ1v) is 5.89. The van der Waals surface area contributed by atoms with E-state index in [1.807, 2.05) is 24.3 Å². The van der Waals surface area contributed by atoms with Crippen LogP contribution in [0.15, 0.2) is 18.2 Å². The second-order valence-electron chi connectivity index (χ2n) is 5.11. The molecule has 0 spiro atoms. The molecule has 1 aromatic rings. The first-order valence-electron chi connectivity index (χ1n) is 5.89. The van der Waals surface area contributed by atoms with Crippen LogP contribution in [0.5, 0.6) is 5.75 Å². The maximum Gasteiger partial charge on any atom is 0.123 e. The van der Waals surface area contributed by atoms with Crippen LogP contribution in [-0.4, -0.2) is 10.7 Å². The Kier molecular flexibility index (Phi) is 3.08. The number of nitrogens with zero attached hydrogens (tertiary/aromatic N) is 1. The molecule has 2 rings (SSSR count). The van der Waals surface area contributed by atoms with Crippen molar-refractivity contribution < 1.29 is 9.84 Å². The van der Waals surface area contributed by atoms with Gasteiger partial charge in [0, 0.05) is 0 Å². The summed E-state index contributed by atoms with van der Waals surface area (Å²) in [6, 6.07) is 7.66. The van der Waals surface area contributed by atoms with Crippen molar-refractivity contribution in [3.63, 3.8) is 0 Å². The van der Waals surface area contributed by atoms with E-state index in [9.17, 15) is 5.11 Å². The fraction of sp³-hybridized carbons (Fsp3) is 0.500. The van der Waals surface area contributed by atoms with Gasteiger partial charge >= 0.3 is 0 Å². The third-order valence-corrected chi connectivity index (χ3v) is 3.14. The zero-order chi connectivity index (χ0) is 12.5. The van der Waals surface area contributed by atoms with Gasteiger partial charge in [-0.25, -0.2) is 0 Å². The van der Waals surface area contributed by atoms with Gasteiger partial charge in [-0.3, -0.25) is 0 Å². The van der Waals surface area contributed by atoms with E-state index in [4.69, 9.17) is 10.00 Å². The summed E-state index contributed by atoms with van der Waals surface area (Å²) < 4.78 is 5.87. The normalized spacial score (nSPS) is 18.7. The van der Waals surface area contributed by atoms with Gasteiger partial charge in [0.2, 0.25) is 0 Å². The fourth-order valence-electron chi connectivity index (χ4n) is 2.09. The predicted octanol–water partition coefficient (Wildman–Crippen LogP) is 2.74. The van der Waals surface area contributed by atoms with Crippen molar-refractivity contribution in [1.82, 2.24) is 0 Å². The molecule has 90 valence electrons. The summed E-state index contributed by atoms with van der Waals surface area (Å²) in [5.41, 5.74) is 1.81. The van der Waals surface area contributed by atoms with Crippen LogP contribution in [0.3, 0.4) is 0 Å². The Morgan fingerprint density at radius 2 is 2.29 bits per heavy atom. The molecule has 1 atom stereocenters. The molecule has 1 heterocycles. The van der Waals surface area contributed by atoms with Crippen molar-refractivity contribution in [1.29, 1.82) is 5.26 Å². The van der Waals surface area contributed by atoms with E-state index >= 15 is 0 Å². The molecule has 3 heteroatoms. The lowest BCUT2D eigenvalue weighted by molar-refractivity contribution is 0.0844. The number of aliphatic hydroxyl groups excluding tert-OH is 1. The van der Waals surface area contributed by atoms with Gasteiger partial charge in [0.1, 0.15) is 11.4 Å². The highest BCUT2D eigenvalue weighted by molar-refractivity contribution is 5.40. The lowest BCUT2D eigenvalue weighted by Gasteiger charge is -2.32. The number of nitriles is 1. The molecule has 1 N–H and O–H groups in total. The van der Waals surface area contributed by atoms with Crippen molar-refractivity contribution >= 4 is 0 Å². The Morgan fingerprint density at radius 1 is 1.53 bits per heavy atom. The zero-order valence-corrected chi connectivity index (χ0v) is 10.2. The second kappa shape index (κ2) is 4.38. The Hall–Kier alpha value is -1.53. The number of fused-ring (bicyclic) bond motifs is 1. The van der Waals surface area contributed by atoms with E-state index in [0.717, 1.165) is 29.7 Å². The molecule has 3 nitrogen and oxygen atoms in total. The van der Waals surface area contributed by atoms with Crippen molar-refractivity contribution in [2.24, 2.45) is 0 Å². The lowest BCUT2D eigenvalue weighted by Crippen LogP contribution is -2.32. The standard InChI is InChI=1S/C14H17NO2/c1-14(2)7-5-11-9-10(12(16)6-8-15)3-4-13(11)17-14/h3-4,9,12,16H,5-7H2,1-2H3. The Balaban J connectivity index is 2.25. The van der Waals surface area contributed by atoms with Gasteiger partial charge < -0.3 is 9.84 Å². The highest BCUT2D eigenvalue weighted by atomic mass is 16.5. The fourth-order valence-corrected chi connectivity index (χ4v) is 2.09. The molecule has 1 unspecified atom stereocenters. The average Bonchev–Trinajstić information content (AvgIpc) is 2.27. The molecule has 0 fully saturated rings. The summed E-state index contributed by atoms with van der Waals surface area (Å²) in [6.07, 6.45) is 1.36. The number of hydrogen-bond donors (Lipinski definition) is 1. The molecule has 0 radical (unpaired) electrons. The Bertz CT molecular complexity index is 460. The number of benzene rings is 1. The third-order valence-electron chi connectivity index (χ3n) is 3.14. The average molecular weight is 231 g/mol. The summed E-state index contributed by atoms with van der Waals surface area (Å²) in [4.78, 5) is 0. The molecule has 0 amide bonds. The molecule has 17 heavy (non-hydrogen) atoms. The molecular formula is C14H17NO2. The SMILES string of the molecule is CC1(C)CCc2cc(C(O)CC#N)ccc2O1. The highest BCUT2D eigenvalue weighted by Crippen LogP contribution is 2.34. The Labute approximate surface area is 102 Å². The maximum absolute atomic E-state index is 9.76. The van der Waals surface area contributed by atoms with Crippen LogP contribution in [0, 0.1) is 11.3 Å². The quantitative estimate of drug-likeness (QED) is 0.851. The van der Waals surface area contributed by atoms with E-state index in [2.05, 4.69) is 13.8 Å². The van der Waals surface area contributed by atoms with Gasteiger partial charge in [0.05, 0.1) is 18.6 Å². The number of ether oxygens (including phenoxy) is 1. The number of hydrogen-bond acceptors (Lipinski definition) is 3. The third kappa shape index (κ3) is 2.59. The molecule has 1 aromatic carbocycles. The van der Waals surface area contributed by atoms with Gasteiger partial charge in [-0.1, -0.05) is 6.07 Å². The molecule has 0 saturated carbocycles. The topological polar surface area (TPSA) is 53.2 Å². The van der Waals surface area contributed by atoms with Crippen LogP contribution in [0.25, 0.3) is 0 Å². The minimum absolute atomic E-state index is 0.111. The summed E-state index contributed by atoms with van der Waals surface area (Å²) in [7, 11) is 0. The van der Waals surface area contributed by atoms with Crippen LogP contribution in [0.4, 0.5) is 0 Å². The van der Waals surface area contributed by atoms with Crippen molar-refractivity contribution in [2.75, 3.05) is 0 Å². The molecule has 1 aliphatic heterocycles. The Morgan fingerprint density at radius 3 is 3.00 bits per heavy atom. The van der Waals surface area contributed by atoms with Gasteiger partial charge in [-0.15, -0.1) is 0 Å². The van der Waals surface area contributed by atoms with Gasteiger partial charge in [0.25, 0.3) is 0 Å². The van der Waals surface area contributed by atoms with E-state index in [1.165, 1.54) is 0 Å². The second-order valence-corrected chi connectivity index (χ2v) is 5.11. The predicted molar refractivity (Wildman–Crippen MR) is 64.7 cm³/mol. The zero-order valence-electron chi connectivity index (χ0n) is 10.2. The summed E-state index contributed by atoms with van der Waals surface area (Å²) >= 11 is 0. The minimum atomic E-state index is -0.694. The van der Waals surface area contributed by atoms with Crippen LogP contribution in [0.1, 0.15) is 43.9 Å². The molecule has 0 bridgehead atoms. The number of aryl methyl sites for hydroxylation is 1. The molecule has 0 aromatic heterocycles. The van der Waals surface area contributed by atoms with Crippen molar-refractivity contribution in [3.05, 3.63) is 29.3 Å². The summed E-state index contributed by atoms with van der Waals surface area (Å²) in [6.45, 7) is 4.16. The number of aliphatic hydroxyl groups is 1. The van der Waals surface area contributed by atoms with E-state index in [-0.39, 0.29) is 12.0 Å². The van der Waals surface area contributed by atoms with Crippen molar-refractivity contribution in [3.8, 4) is 11.8 Å². The first-order chi connectivity index (χ1) is 8.02. The van der Waals surface area contributed by atoms with E-state index in [1.54, 1.807) is 0 Å². The van der Waals surface area contributed by atoms with Gasteiger partial charge in [-0.2, -0.15) is 5.26 Å². The monoisotopic (exact) mass is 231 g/mol. The molecular weight excluding hydrogens is 214 g/mol. The largest absolute Gasteiger partial charge is 0.488 e. The van der Waals surface area contributed by atoms with E-state index in [0.29, 0.717) is 0 Å². The minimum Gasteiger partial charge on any atom is -0.488 e. The summed E-state index contributed by atoms with van der Waals surface area (Å²) in [5, 5.41) is 18.3. The highest BCUT2D eigenvalue weighted by Gasteiger charge is 2.26. The summed E-state index contributed by atoms with van der Waals surface area (Å²) in [5.74, 6) is 0.897. The van der Waals surface area contributed by atoms with Gasteiger partial charge in [0.15, 0.2) is 0 Å². The van der Waals surface area contributed by atoms with Crippen LogP contribution in [-0.2, 0) is 6.42 Å². The van der Waals surface area contributed by atoms with Crippen LogP contribution < -0.4 is 4.74 Å². The first kappa shape index (κ1) is 11.9. The van der Waals surface area contributed by atoms with Crippen LogP contribution in [0.2, 0.25) is 0 Å². The van der Waals surface area contributed by atoms with Crippen molar-refractivity contribution in [2.45, 2.75) is 44.8 Å². The molecule has 1 aliphatic rings. The van der Waals surface area contributed by atoms with Gasteiger partial charge in [-0.05, 0) is 49.9 Å². The smallest absolute Gasteiger partial charge is 0.123 e. The molecule has 0 aliphatic carbocycles.